The molecule has 0 N–H and O–H groups in total. The van der Waals surface area contributed by atoms with Crippen LogP contribution in [0.1, 0.15) is 15.9 Å². The number of carbonyl (C=O) groups is 1. The highest BCUT2D eigenvalue weighted by atomic mass is 79.9. The first-order chi connectivity index (χ1) is 11.7. The first-order valence-electron chi connectivity index (χ1n) is 7.31. The fourth-order valence-corrected chi connectivity index (χ4v) is 2.59. The van der Waals surface area contributed by atoms with Gasteiger partial charge in [-0.05, 0) is 28.1 Å². The number of hydrogen-bond donors (Lipinski definition) is 0. The van der Waals surface area contributed by atoms with Crippen LogP contribution in [0, 0.1) is 0 Å². The molecule has 0 saturated heterocycles. The standard InChI is InChI=1S/C17H15BrN4O2/c1-22-17(19-20-21-22)13-7-8-14(15(23)10-18)16(9-13)24-11-12-5-3-2-4-6-12/h2-9H,10-11H2,1H3. The maximum Gasteiger partial charge on any atom is 0.181 e. The van der Waals surface area contributed by atoms with Crippen molar-refractivity contribution in [3.05, 3.63) is 59.7 Å². The van der Waals surface area contributed by atoms with E-state index in [1.165, 1.54) is 0 Å². The zero-order valence-corrected chi connectivity index (χ0v) is 14.6. The number of nitrogens with zero attached hydrogens (tertiary/aromatic N) is 4. The first-order valence-corrected chi connectivity index (χ1v) is 8.44. The zero-order chi connectivity index (χ0) is 16.9. The molecule has 24 heavy (non-hydrogen) atoms. The minimum absolute atomic E-state index is 0.0410. The second-order valence-electron chi connectivity index (χ2n) is 5.17. The number of carbonyl (C=O) groups excluding carboxylic acids is 1. The summed E-state index contributed by atoms with van der Waals surface area (Å²) in [4.78, 5) is 12.1. The molecule has 1 heterocycles. The van der Waals surface area contributed by atoms with Gasteiger partial charge in [0.15, 0.2) is 11.6 Å². The Bertz CT molecular complexity index is 849. The maximum atomic E-state index is 12.1. The van der Waals surface area contributed by atoms with Gasteiger partial charge < -0.3 is 4.74 Å². The Balaban J connectivity index is 1.94. The van der Waals surface area contributed by atoms with E-state index in [0.29, 0.717) is 23.7 Å². The number of halogens is 1. The molecule has 0 unspecified atom stereocenters. The molecule has 6 nitrogen and oxygen atoms in total. The highest BCUT2D eigenvalue weighted by Crippen LogP contribution is 2.27. The number of alkyl halides is 1. The molecule has 0 spiro atoms. The summed E-state index contributed by atoms with van der Waals surface area (Å²) >= 11 is 3.21. The predicted molar refractivity (Wildman–Crippen MR) is 93.1 cm³/mol. The van der Waals surface area contributed by atoms with Crippen LogP contribution in [0.15, 0.2) is 48.5 Å². The molecule has 3 rings (SSSR count). The summed E-state index contributed by atoms with van der Waals surface area (Å²) in [6.45, 7) is 0.379. The van der Waals surface area contributed by atoms with Crippen molar-refractivity contribution in [3.63, 3.8) is 0 Å². The highest BCUT2D eigenvalue weighted by Gasteiger charge is 2.15. The smallest absolute Gasteiger partial charge is 0.181 e. The van der Waals surface area contributed by atoms with E-state index in [1.807, 2.05) is 36.4 Å². The van der Waals surface area contributed by atoms with E-state index in [1.54, 1.807) is 23.9 Å². The molecule has 0 saturated carbocycles. The fourth-order valence-electron chi connectivity index (χ4n) is 2.29. The number of ether oxygens (including phenoxy) is 1. The third-order valence-corrected chi connectivity index (χ3v) is 4.03. The summed E-state index contributed by atoms with van der Waals surface area (Å²) in [6.07, 6.45) is 0. The van der Waals surface area contributed by atoms with Gasteiger partial charge in [-0.1, -0.05) is 52.3 Å². The normalized spacial score (nSPS) is 10.6. The average Bonchev–Trinajstić information content (AvgIpc) is 3.06. The van der Waals surface area contributed by atoms with Crippen LogP contribution in [-0.4, -0.2) is 31.3 Å². The van der Waals surface area contributed by atoms with Gasteiger partial charge in [-0.2, -0.15) is 0 Å². The van der Waals surface area contributed by atoms with Crippen LogP contribution in [0.2, 0.25) is 0 Å². The molecule has 0 aliphatic rings. The lowest BCUT2D eigenvalue weighted by atomic mass is 10.1. The SMILES string of the molecule is Cn1nnnc1-c1ccc(C(=O)CBr)c(OCc2ccccc2)c1. The quantitative estimate of drug-likeness (QED) is 0.480. The van der Waals surface area contributed by atoms with Gasteiger partial charge in [0.2, 0.25) is 0 Å². The van der Waals surface area contributed by atoms with Crippen LogP contribution in [0.4, 0.5) is 0 Å². The highest BCUT2D eigenvalue weighted by molar-refractivity contribution is 9.09. The molecule has 3 aromatic rings. The van der Waals surface area contributed by atoms with Crippen molar-refractivity contribution in [2.75, 3.05) is 5.33 Å². The number of ketones is 1. The van der Waals surface area contributed by atoms with Crippen LogP contribution in [-0.2, 0) is 13.7 Å². The summed E-state index contributed by atoms with van der Waals surface area (Å²) in [5.74, 6) is 1.09. The van der Waals surface area contributed by atoms with Crippen molar-refractivity contribution in [1.29, 1.82) is 0 Å². The second-order valence-corrected chi connectivity index (χ2v) is 5.73. The summed E-state index contributed by atoms with van der Waals surface area (Å²) < 4.78 is 7.48. The van der Waals surface area contributed by atoms with Crippen molar-refractivity contribution < 1.29 is 9.53 Å². The lowest BCUT2D eigenvalue weighted by molar-refractivity contribution is 0.101. The number of Topliss-reactive ketones (excluding diaryl/α,β-unsaturated/α-hetero) is 1. The molecule has 0 fully saturated rings. The van der Waals surface area contributed by atoms with E-state index in [0.717, 1.165) is 11.1 Å². The second kappa shape index (κ2) is 7.35. The number of aryl methyl sites for hydroxylation is 1. The van der Waals surface area contributed by atoms with E-state index >= 15 is 0 Å². The van der Waals surface area contributed by atoms with Gasteiger partial charge in [0.05, 0.1) is 10.9 Å². The van der Waals surface area contributed by atoms with E-state index in [4.69, 9.17) is 4.74 Å². The van der Waals surface area contributed by atoms with Crippen LogP contribution >= 0.6 is 15.9 Å². The Morgan fingerprint density at radius 3 is 2.67 bits per heavy atom. The molecule has 0 atom stereocenters. The van der Waals surface area contributed by atoms with Gasteiger partial charge in [0, 0.05) is 12.6 Å². The predicted octanol–water partition coefficient (Wildman–Crippen LogP) is 3.03. The van der Waals surface area contributed by atoms with Gasteiger partial charge >= 0.3 is 0 Å². The fraction of sp³-hybridized carbons (Fsp3) is 0.176. The minimum atomic E-state index is -0.0410. The number of aromatic nitrogens is 4. The zero-order valence-electron chi connectivity index (χ0n) is 13.0. The Hall–Kier alpha value is -2.54. The molecule has 0 bridgehead atoms. The van der Waals surface area contributed by atoms with Crippen LogP contribution in [0.5, 0.6) is 5.75 Å². The van der Waals surface area contributed by atoms with Crippen molar-refractivity contribution >= 4 is 21.7 Å². The van der Waals surface area contributed by atoms with Crippen molar-refractivity contribution in [2.45, 2.75) is 6.61 Å². The lowest BCUT2D eigenvalue weighted by Gasteiger charge is -2.12. The largest absolute Gasteiger partial charge is 0.488 e. The van der Waals surface area contributed by atoms with Gasteiger partial charge in [0.1, 0.15) is 12.4 Å². The summed E-state index contributed by atoms with van der Waals surface area (Å²) in [7, 11) is 1.76. The monoisotopic (exact) mass is 386 g/mol. The van der Waals surface area contributed by atoms with E-state index in [-0.39, 0.29) is 11.1 Å². The van der Waals surface area contributed by atoms with Gasteiger partial charge in [-0.15, -0.1) is 5.10 Å². The summed E-state index contributed by atoms with van der Waals surface area (Å²) in [5.41, 5.74) is 2.35. The molecule has 0 aliphatic heterocycles. The molecule has 2 aromatic carbocycles. The summed E-state index contributed by atoms with van der Waals surface area (Å²) in [5, 5.41) is 11.7. The van der Waals surface area contributed by atoms with Crippen LogP contribution < -0.4 is 4.74 Å². The molecule has 122 valence electrons. The number of rotatable bonds is 6. The Labute approximate surface area is 147 Å². The molecule has 0 amide bonds. The maximum absolute atomic E-state index is 12.1. The number of benzene rings is 2. The molecular formula is C17H15BrN4O2. The van der Waals surface area contributed by atoms with Crippen molar-refractivity contribution in [3.8, 4) is 17.1 Å². The molecule has 7 heteroatoms. The van der Waals surface area contributed by atoms with Gasteiger partial charge in [-0.3, -0.25) is 4.79 Å². The third kappa shape index (κ3) is 3.51. The van der Waals surface area contributed by atoms with Crippen LogP contribution in [0.3, 0.4) is 0 Å². The first kappa shape index (κ1) is 16.3. The minimum Gasteiger partial charge on any atom is -0.488 e. The molecule has 1 aromatic heterocycles. The van der Waals surface area contributed by atoms with E-state index in [2.05, 4.69) is 31.5 Å². The van der Waals surface area contributed by atoms with Crippen LogP contribution in [0.25, 0.3) is 11.4 Å². The number of tetrazole rings is 1. The van der Waals surface area contributed by atoms with Crippen molar-refractivity contribution in [2.24, 2.45) is 7.05 Å². The lowest BCUT2D eigenvalue weighted by Crippen LogP contribution is -2.06. The summed E-state index contributed by atoms with van der Waals surface area (Å²) in [6, 6.07) is 15.2. The average molecular weight is 387 g/mol. The van der Waals surface area contributed by atoms with Gasteiger partial charge in [-0.25, -0.2) is 4.68 Å². The Morgan fingerprint density at radius 1 is 1.21 bits per heavy atom. The third-order valence-electron chi connectivity index (χ3n) is 3.52. The van der Waals surface area contributed by atoms with E-state index in [9.17, 15) is 4.79 Å². The number of hydrogen-bond acceptors (Lipinski definition) is 5. The Kier molecular flexibility index (Phi) is 5.00. The van der Waals surface area contributed by atoms with Gasteiger partial charge in [0.25, 0.3) is 0 Å². The van der Waals surface area contributed by atoms with E-state index < -0.39 is 0 Å². The molecule has 0 aliphatic carbocycles. The molecular weight excluding hydrogens is 372 g/mol. The Morgan fingerprint density at radius 2 is 2.00 bits per heavy atom. The topological polar surface area (TPSA) is 69.9 Å². The molecule has 0 radical (unpaired) electrons. The van der Waals surface area contributed by atoms with Crippen molar-refractivity contribution in [1.82, 2.24) is 20.2 Å².